The van der Waals surface area contributed by atoms with Gasteiger partial charge in [-0.2, -0.15) is 0 Å². The predicted octanol–water partition coefficient (Wildman–Crippen LogP) is 3.50. The maximum Gasteiger partial charge on any atom is 0.135 e. The van der Waals surface area contributed by atoms with E-state index in [1.807, 2.05) is 0 Å². The van der Waals surface area contributed by atoms with Gasteiger partial charge in [0, 0.05) is 17.0 Å². The van der Waals surface area contributed by atoms with Crippen LogP contribution in [0.5, 0.6) is 0 Å². The van der Waals surface area contributed by atoms with Crippen LogP contribution in [0.15, 0.2) is 22.5 Å². The van der Waals surface area contributed by atoms with Crippen LogP contribution in [0.3, 0.4) is 0 Å². The predicted molar refractivity (Wildman–Crippen MR) is 91.9 cm³/mol. The molecule has 1 N–H and O–H groups in total. The second-order valence-corrected chi connectivity index (χ2v) is 8.51. The lowest BCUT2D eigenvalue weighted by Crippen LogP contribution is -2.64. The molecule has 2 aliphatic heterocycles. The molecule has 2 heterocycles. The van der Waals surface area contributed by atoms with Crippen molar-refractivity contribution in [1.82, 2.24) is 4.90 Å². The van der Waals surface area contributed by atoms with E-state index in [1.165, 1.54) is 16.7 Å². The molecule has 0 aromatic heterocycles. The number of rotatable bonds is 1. The Morgan fingerprint density at radius 1 is 1.43 bits per heavy atom. The molecule has 2 bridgehead atoms. The highest BCUT2D eigenvalue weighted by Crippen LogP contribution is 2.66. The summed E-state index contributed by atoms with van der Waals surface area (Å²) < 4.78 is 6.55. The molecule has 6 unspecified atom stereocenters. The fraction of sp³-hybridized carbons (Fsp3) is 0.800. The third-order valence-corrected chi connectivity index (χ3v) is 7.39. The Balaban J connectivity index is 1.95. The summed E-state index contributed by atoms with van der Waals surface area (Å²) in [6.07, 6.45) is 4.08. The number of piperidine rings is 1. The summed E-state index contributed by atoms with van der Waals surface area (Å²) in [4.78, 5) is 2.56. The first kappa shape index (κ1) is 15.7. The molecule has 3 nitrogen and oxygen atoms in total. The van der Waals surface area contributed by atoms with Crippen molar-refractivity contribution < 1.29 is 9.84 Å². The van der Waals surface area contributed by atoms with Gasteiger partial charge in [0.15, 0.2) is 0 Å². The molecule has 2 saturated heterocycles. The Morgan fingerprint density at radius 2 is 2.17 bits per heavy atom. The topological polar surface area (TPSA) is 32.7 Å². The lowest BCUT2D eigenvalue weighted by Gasteiger charge is -2.59. The van der Waals surface area contributed by atoms with E-state index in [0.717, 1.165) is 38.0 Å². The van der Waals surface area contributed by atoms with Gasteiger partial charge >= 0.3 is 0 Å². The van der Waals surface area contributed by atoms with Crippen molar-refractivity contribution in [1.29, 1.82) is 0 Å². The summed E-state index contributed by atoms with van der Waals surface area (Å²) in [6, 6.07) is 0.620. The number of likely N-dealkylation sites (tertiary alicyclic amines) is 1. The molecule has 4 rings (SSSR count). The van der Waals surface area contributed by atoms with E-state index < -0.39 is 0 Å². The first-order chi connectivity index (χ1) is 10.9. The molecule has 4 aliphatic rings. The van der Waals surface area contributed by atoms with Gasteiger partial charge in [-0.15, -0.1) is 0 Å². The smallest absolute Gasteiger partial charge is 0.135 e. The average Bonchev–Trinajstić information content (AvgIpc) is 2.87. The van der Waals surface area contributed by atoms with Gasteiger partial charge in [0.05, 0.1) is 6.10 Å². The summed E-state index contributed by atoms with van der Waals surface area (Å²) in [5, 5.41) is 11.0. The van der Waals surface area contributed by atoms with Crippen LogP contribution in [0.4, 0.5) is 0 Å². The molecule has 1 saturated carbocycles. The van der Waals surface area contributed by atoms with Crippen LogP contribution in [-0.4, -0.2) is 41.8 Å². The van der Waals surface area contributed by atoms with Gasteiger partial charge in [0.25, 0.3) is 0 Å². The third-order valence-electron chi connectivity index (χ3n) is 7.39. The van der Waals surface area contributed by atoms with Gasteiger partial charge in [-0.3, -0.25) is 0 Å². The molecule has 1 spiro atoms. The second-order valence-electron chi connectivity index (χ2n) is 8.51. The van der Waals surface area contributed by atoms with E-state index in [9.17, 15) is 5.11 Å². The van der Waals surface area contributed by atoms with Crippen molar-refractivity contribution in [2.75, 3.05) is 13.6 Å². The number of aliphatic hydroxyl groups is 1. The van der Waals surface area contributed by atoms with Crippen molar-refractivity contribution in [3.05, 3.63) is 22.5 Å². The van der Waals surface area contributed by atoms with Crippen LogP contribution < -0.4 is 0 Å². The Labute approximate surface area is 140 Å². The van der Waals surface area contributed by atoms with Crippen molar-refractivity contribution in [2.24, 2.45) is 17.3 Å². The summed E-state index contributed by atoms with van der Waals surface area (Å²) in [5.41, 5.74) is 4.41. The molecule has 0 aromatic carbocycles. The fourth-order valence-corrected chi connectivity index (χ4v) is 6.03. The standard InChI is InChI=1S/C20H31NO2/c1-6-11(2)18-16-12(3)10-15-14-9-13(4)17(22)19(23-18)20(14,16)7-8-21(15)5/h13-15,17,19,22H,6-10H2,1-5H3. The lowest BCUT2D eigenvalue weighted by atomic mass is 9.50. The minimum Gasteiger partial charge on any atom is -0.487 e. The second kappa shape index (κ2) is 5.10. The molecule has 3 heteroatoms. The minimum atomic E-state index is -0.335. The van der Waals surface area contributed by atoms with Crippen LogP contribution in [0, 0.1) is 17.3 Å². The highest BCUT2D eigenvalue weighted by Gasteiger charge is 2.66. The van der Waals surface area contributed by atoms with E-state index in [1.54, 1.807) is 0 Å². The highest BCUT2D eigenvalue weighted by atomic mass is 16.5. The van der Waals surface area contributed by atoms with E-state index in [2.05, 4.69) is 39.6 Å². The molecular formula is C20H31NO2. The van der Waals surface area contributed by atoms with Crippen LogP contribution >= 0.6 is 0 Å². The lowest BCUT2D eigenvalue weighted by molar-refractivity contribution is -0.150. The Morgan fingerprint density at radius 3 is 2.87 bits per heavy atom. The number of hydrogen-bond donors (Lipinski definition) is 1. The van der Waals surface area contributed by atoms with Gasteiger partial charge in [-0.05, 0) is 70.5 Å². The van der Waals surface area contributed by atoms with E-state index in [4.69, 9.17) is 4.74 Å². The number of nitrogens with zero attached hydrogens (tertiary/aromatic N) is 1. The maximum atomic E-state index is 11.0. The van der Waals surface area contributed by atoms with Gasteiger partial charge < -0.3 is 14.7 Å². The number of aliphatic hydroxyl groups excluding tert-OH is 1. The molecule has 0 radical (unpaired) electrons. The Kier molecular flexibility index (Phi) is 3.48. The first-order valence-corrected chi connectivity index (χ1v) is 9.37. The van der Waals surface area contributed by atoms with Gasteiger partial charge in [0.2, 0.25) is 0 Å². The van der Waals surface area contributed by atoms with E-state index >= 15 is 0 Å². The zero-order valence-corrected chi connectivity index (χ0v) is 15.2. The normalized spacial score (nSPS) is 48.2. The summed E-state index contributed by atoms with van der Waals surface area (Å²) >= 11 is 0. The van der Waals surface area contributed by atoms with Gasteiger partial charge in [0.1, 0.15) is 11.9 Å². The maximum absolute atomic E-state index is 11.0. The molecule has 0 aromatic rings. The summed E-state index contributed by atoms with van der Waals surface area (Å²) in [5.74, 6) is 2.09. The zero-order chi connectivity index (χ0) is 16.5. The van der Waals surface area contributed by atoms with Crippen LogP contribution in [0.25, 0.3) is 0 Å². The molecule has 6 atom stereocenters. The van der Waals surface area contributed by atoms with Crippen molar-refractivity contribution in [3.8, 4) is 0 Å². The molecule has 128 valence electrons. The number of hydrogen-bond acceptors (Lipinski definition) is 3. The van der Waals surface area contributed by atoms with E-state index in [-0.39, 0.29) is 17.6 Å². The Hall–Kier alpha value is -0.800. The van der Waals surface area contributed by atoms with Crippen molar-refractivity contribution in [3.63, 3.8) is 0 Å². The summed E-state index contributed by atoms with van der Waals surface area (Å²) in [7, 11) is 2.28. The van der Waals surface area contributed by atoms with Crippen molar-refractivity contribution >= 4 is 0 Å². The molecule has 2 aliphatic carbocycles. The zero-order valence-electron chi connectivity index (χ0n) is 15.2. The quantitative estimate of drug-likeness (QED) is 0.803. The number of allylic oxidation sites excluding steroid dienone is 2. The SMILES string of the molecule is CCC(C)=C1OC2C(O)C(C)CC3C4CC(C)=C1C32CCN4C. The Bertz CT molecular complexity index is 592. The molecular weight excluding hydrogens is 286 g/mol. The monoisotopic (exact) mass is 317 g/mol. The molecule has 23 heavy (non-hydrogen) atoms. The number of ether oxygens (including phenoxy) is 1. The molecule has 3 fully saturated rings. The van der Waals surface area contributed by atoms with Crippen molar-refractivity contribution in [2.45, 2.75) is 71.6 Å². The van der Waals surface area contributed by atoms with Crippen LogP contribution in [0.1, 0.15) is 53.4 Å². The van der Waals surface area contributed by atoms with Gasteiger partial charge in [-0.1, -0.05) is 19.4 Å². The third kappa shape index (κ3) is 1.84. The minimum absolute atomic E-state index is 0.0331. The average molecular weight is 317 g/mol. The molecule has 0 amide bonds. The van der Waals surface area contributed by atoms with Crippen LogP contribution in [0.2, 0.25) is 0 Å². The van der Waals surface area contributed by atoms with Gasteiger partial charge in [-0.25, -0.2) is 0 Å². The largest absolute Gasteiger partial charge is 0.487 e. The van der Waals surface area contributed by atoms with E-state index in [0.29, 0.717) is 17.9 Å². The first-order valence-electron chi connectivity index (χ1n) is 9.37. The van der Waals surface area contributed by atoms with Crippen LogP contribution in [-0.2, 0) is 4.74 Å². The highest BCUT2D eigenvalue weighted by molar-refractivity contribution is 5.49. The summed E-state index contributed by atoms with van der Waals surface area (Å²) in [6.45, 7) is 10.0. The fourth-order valence-electron chi connectivity index (χ4n) is 6.03.